The molecule has 1 aromatic carbocycles. The van der Waals surface area contributed by atoms with Crippen molar-refractivity contribution in [3.63, 3.8) is 0 Å². The smallest absolute Gasteiger partial charge is 0.146 e. The summed E-state index contributed by atoms with van der Waals surface area (Å²) in [5.74, 6) is 1.53. The van der Waals surface area contributed by atoms with Gasteiger partial charge in [0.15, 0.2) is 0 Å². The number of ether oxygens (including phenoxy) is 1. The minimum atomic E-state index is 0.137. The highest BCUT2D eigenvalue weighted by Gasteiger charge is 2.02. The third-order valence-electron chi connectivity index (χ3n) is 2.33. The first kappa shape index (κ1) is 13.1. The number of rotatable bonds is 5. The molecular weight excluding hydrogens is 238 g/mol. The van der Waals surface area contributed by atoms with Gasteiger partial charge < -0.3 is 4.74 Å². The molecule has 0 spiro atoms. The summed E-state index contributed by atoms with van der Waals surface area (Å²) in [4.78, 5) is 4.12. The van der Waals surface area contributed by atoms with Crippen LogP contribution in [0.4, 0.5) is 5.82 Å². The first-order valence-electron chi connectivity index (χ1n) is 6.21. The molecule has 0 fully saturated rings. The molecule has 0 bridgehead atoms. The lowest BCUT2D eigenvalue weighted by Crippen LogP contribution is -2.07. The van der Waals surface area contributed by atoms with Gasteiger partial charge >= 0.3 is 0 Å². The van der Waals surface area contributed by atoms with Gasteiger partial charge in [0.05, 0.1) is 12.3 Å². The fourth-order valence-corrected chi connectivity index (χ4v) is 1.55. The number of hydrazone groups is 1. The highest BCUT2D eigenvalue weighted by atomic mass is 16.5. The van der Waals surface area contributed by atoms with Crippen molar-refractivity contribution in [2.75, 3.05) is 5.43 Å². The van der Waals surface area contributed by atoms with Crippen LogP contribution in [0.2, 0.25) is 0 Å². The standard InChI is InChI=1S/C15H17N3O/c1-12(2)19-14-8-4-3-7-13(14)11-17-18-15-9-5-6-10-16-15/h3-12H,1-2H3,(H,16,18). The van der Waals surface area contributed by atoms with E-state index in [0.29, 0.717) is 5.82 Å². The van der Waals surface area contributed by atoms with E-state index in [9.17, 15) is 0 Å². The molecule has 2 aromatic rings. The molecule has 0 radical (unpaired) electrons. The summed E-state index contributed by atoms with van der Waals surface area (Å²) < 4.78 is 5.71. The van der Waals surface area contributed by atoms with Crippen molar-refractivity contribution in [2.45, 2.75) is 20.0 Å². The molecule has 0 aliphatic heterocycles. The van der Waals surface area contributed by atoms with Crippen LogP contribution in [0.1, 0.15) is 19.4 Å². The zero-order valence-electron chi connectivity index (χ0n) is 11.1. The van der Waals surface area contributed by atoms with Crippen LogP contribution in [0.5, 0.6) is 5.75 Å². The summed E-state index contributed by atoms with van der Waals surface area (Å²) in [5, 5.41) is 4.16. The summed E-state index contributed by atoms with van der Waals surface area (Å²) in [7, 11) is 0. The Hall–Kier alpha value is -2.36. The lowest BCUT2D eigenvalue weighted by molar-refractivity contribution is 0.242. The molecule has 1 N–H and O–H groups in total. The predicted molar refractivity (Wildman–Crippen MR) is 77.7 cm³/mol. The molecule has 1 heterocycles. The number of aromatic nitrogens is 1. The maximum Gasteiger partial charge on any atom is 0.146 e. The maximum atomic E-state index is 5.71. The molecule has 4 heteroatoms. The van der Waals surface area contributed by atoms with Gasteiger partial charge in [-0.25, -0.2) is 4.98 Å². The van der Waals surface area contributed by atoms with Crippen LogP contribution in [0.25, 0.3) is 0 Å². The van der Waals surface area contributed by atoms with Crippen LogP contribution in [-0.4, -0.2) is 17.3 Å². The number of anilines is 1. The summed E-state index contributed by atoms with van der Waals surface area (Å²) in [5.41, 5.74) is 3.81. The number of pyridine rings is 1. The van der Waals surface area contributed by atoms with Crippen molar-refractivity contribution in [3.05, 3.63) is 54.2 Å². The third-order valence-corrected chi connectivity index (χ3v) is 2.33. The molecule has 0 amide bonds. The number of benzene rings is 1. The molecule has 2 rings (SSSR count). The van der Waals surface area contributed by atoms with Crippen LogP contribution in [-0.2, 0) is 0 Å². The Labute approximate surface area is 113 Å². The summed E-state index contributed by atoms with van der Waals surface area (Å²) in [6.45, 7) is 4.00. The van der Waals surface area contributed by atoms with Gasteiger partial charge in [-0.3, -0.25) is 5.43 Å². The van der Waals surface area contributed by atoms with Crippen LogP contribution in [0, 0.1) is 0 Å². The zero-order valence-corrected chi connectivity index (χ0v) is 11.1. The second kappa shape index (κ2) is 6.54. The van der Waals surface area contributed by atoms with Gasteiger partial charge in [-0.1, -0.05) is 18.2 Å². The molecule has 0 unspecified atom stereocenters. The van der Waals surface area contributed by atoms with E-state index in [2.05, 4.69) is 15.5 Å². The van der Waals surface area contributed by atoms with E-state index in [1.807, 2.05) is 56.3 Å². The molecule has 4 nitrogen and oxygen atoms in total. The first-order chi connectivity index (χ1) is 9.25. The van der Waals surface area contributed by atoms with Gasteiger partial charge in [-0.2, -0.15) is 5.10 Å². The summed E-state index contributed by atoms with van der Waals surface area (Å²) in [6, 6.07) is 13.4. The second-order valence-corrected chi connectivity index (χ2v) is 4.29. The van der Waals surface area contributed by atoms with E-state index >= 15 is 0 Å². The largest absolute Gasteiger partial charge is 0.490 e. The molecule has 0 aliphatic rings. The molecule has 0 atom stereocenters. The Morgan fingerprint density at radius 1 is 1.16 bits per heavy atom. The SMILES string of the molecule is CC(C)Oc1ccccc1C=NNc1ccccn1. The second-order valence-electron chi connectivity index (χ2n) is 4.29. The van der Waals surface area contributed by atoms with Gasteiger partial charge in [0.25, 0.3) is 0 Å². The molecular formula is C15H17N3O. The van der Waals surface area contributed by atoms with E-state index in [1.165, 1.54) is 0 Å². The number of hydrogen-bond acceptors (Lipinski definition) is 4. The van der Waals surface area contributed by atoms with Gasteiger partial charge in [0.2, 0.25) is 0 Å². The van der Waals surface area contributed by atoms with Crippen molar-refractivity contribution in [2.24, 2.45) is 5.10 Å². The van der Waals surface area contributed by atoms with E-state index in [-0.39, 0.29) is 6.10 Å². The lowest BCUT2D eigenvalue weighted by Gasteiger charge is -2.11. The van der Waals surface area contributed by atoms with E-state index < -0.39 is 0 Å². The Morgan fingerprint density at radius 2 is 1.95 bits per heavy atom. The topological polar surface area (TPSA) is 46.5 Å². The molecule has 19 heavy (non-hydrogen) atoms. The van der Waals surface area contributed by atoms with Crippen LogP contribution >= 0.6 is 0 Å². The Morgan fingerprint density at radius 3 is 2.68 bits per heavy atom. The van der Waals surface area contributed by atoms with Gasteiger partial charge in [-0.15, -0.1) is 0 Å². The fourth-order valence-electron chi connectivity index (χ4n) is 1.55. The van der Waals surface area contributed by atoms with Crippen LogP contribution in [0.3, 0.4) is 0 Å². The fraction of sp³-hybridized carbons (Fsp3) is 0.200. The Balaban J connectivity index is 2.06. The first-order valence-corrected chi connectivity index (χ1v) is 6.21. The Bertz CT molecular complexity index is 538. The Kier molecular flexibility index (Phi) is 4.50. The van der Waals surface area contributed by atoms with E-state index in [1.54, 1.807) is 12.4 Å². The average molecular weight is 255 g/mol. The lowest BCUT2D eigenvalue weighted by atomic mass is 10.2. The van der Waals surface area contributed by atoms with Crippen molar-refractivity contribution < 1.29 is 4.74 Å². The van der Waals surface area contributed by atoms with Crippen molar-refractivity contribution in [1.29, 1.82) is 0 Å². The molecule has 0 aliphatic carbocycles. The molecule has 98 valence electrons. The zero-order chi connectivity index (χ0) is 13.5. The monoisotopic (exact) mass is 255 g/mol. The predicted octanol–water partition coefficient (Wildman–Crippen LogP) is 3.31. The van der Waals surface area contributed by atoms with Gasteiger partial charge in [0, 0.05) is 11.8 Å². The van der Waals surface area contributed by atoms with E-state index in [0.717, 1.165) is 11.3 Å². The van der Waals surface area contributed by atoms with Crippen LogP contribution < -0.4 is 10.2 Å². The normalized spacial score (nSPS) is 10.9. The minimum absolute atomic E-state index is 0.137. The van der Waals surface area contributed by atoms with Crippen molar-refractivity contribution >= 4 is 12.0 Å². The number of para-hydroxylation sites is 1. The summed E-state index contributed by atoms with van der Waals surface area (Å²) >= 11 is 0. The molecule has 0 saturated carbocycles. The number of hydrogen-bond donors (Lipinski definition) is 1. The minimum Gasteiger partial charge on any atom is -0.490 e. The van der Waals surface area contributed by atoms with Crippen LogP contribution in [0.15, 0.2) is 53.8 Å². The average Bonchev–Trinajstić information content (AvgIpc) is 2.41. The third kappa shape index (κ3) is 4.10. The quantitative estimate of drug-likeness (QED) is 0.658. The molecule has 1 aromatic heterocycles. The van der Waals surface area contributed by atoms with Gasteiger partial charge in [0.1, 0.15) is 11.6 Å². The summed E-state index contributed by atoms with van der Waals surface area (Å²) in [6.07, 6.45) is 3.58. The number of nitrogens with one attached hydrogen (secondary N) is 1. The highest BCUT2D eigenvalue weighted by molar-refractivity contribution is 5.83. The molecule has 0 saturated heterocycles. The van der Waals surface area contributed by atoms with E-state index in [4.69, 9.17) is 4.74 Å². The highest BCUT2D eigenvalue weighted by Crippen LogP contribution is 2.17. The van der Waals surface area contributed by atoms with Crippen molar-refractivity contribution in [3.8, 4) is 5.75 Å². The maximum absolute atomic E-state index is 5.71. The number of nitrogens with zero attached hydrogens (tertiary/aromatic N) is 2. The van der Waals surface area contributed by atoms with Gasteiger partial charge in [-0.05, 0) is 38.1 Å². The van der Waals surface area contributed by atoms with Crippen molar-refractivity contribution in [1.82, 2.24) is 4.98 Å².